The standard InChI is InChI=1S/C11H11ClN2O2/c1-2-3-11(16)14-10-5-4-8(13-7-15)6-9(10)12/h4-6H,2-3H2,1H3,(H,14,16). The number of nitrogens with one attached hydrogen (secondary N) is 1. The Labute approximate surface area is 98.3 Å². The number of rotatable bonds is 4. The summed E-state index contributed by atoms with van der Waals surface area (Å²) in [6, 6.07) is 4.68. The summed E-state index contributed by atoms with van der Waals surface area (Å²) in [6.45, 7) is 1.92. The number of isocyanates is 1. The lowest BCUT2D eigenvalue weighted by Crippen LogP contribution is -2.10. The lowest BCUT2D eigenvalue weighted by Gasteiger charge is -2.06. The third-order valence-electron chi connectivity index (χ3n) is 1.88. The minimum atomic E-state index is -0.0870. The Hall–Kier alpha value is -1.64. The second-order valence-electron chi connectivity index (χ2n) is 3.17. The van der Waals surface area contributed by atoms with Crippen LogP contribution < -0.4 is 5.32 Å². The normalized spacial score (nSPS) is 9.38. The van der Waals surface area contributed by atoms with Gasteiger partial charge in [0.25, 0.3) is 0 Å². The van der Waals surface area contributed by atoms with Gasteiger partial charge in [0.05, 0.1) is 16.4 Å². The summed E-state index contributed by atoms with van der Waals surface area (Å²) in [6.07, 6.45) is 2.64. The smallest absolute Gasteiger partial charge is 0.240 e. The number of hydrogen-bond donors (Lipinski definition) is 1. The molecule has 1 aromatic rings. The molecule has 0 aliphatic heterocycles. The third-order valence-corrected chi connectivity index (χ3v) is 2.19. The minimum absolute atomic E-state index is 0.0870. The van der Waals surface area contributed by atoms with E-state index in [1.807, 2.05) is 6.92 Å². The summed E-state index contributed by atoms with van der Waals surface area (Å²) in [4.78, 5) is 24.8. The molecule has 0 unspecified atom stereocenters. The zero-order valence-electron chi connectivity index (χ0n) is 8.79. The van der Waals surface area contributed by atoms with E-state index in [0.717, 1.165) is 6.42 Å². The van der Waals surface area contributed by atoms with Crippen LogP contribution in [0, 0.1) is 0 Å². The van der Waals surface area contributed by atoms with E-state index in [4.69, 9.17) is 11.6 Å². The Balaban J connectivity index is 2.82. The van der Waals surface area contributed by atoms with Crippen LogP contribution in [0.15, 0.2) is 23.2 Å². The van der Waals surface area contributed by atoms with Gasteiger partial charge in [0, 0.05) is 6.42 Å². The van der Waals surface area contributed by atoms with Gasteiger partial charge in [0.1, 0.15) is 0 Å². The molecule has 0 spiro atoms. The Kier molecular flexibility index (Phi) is 4.70. The van der Waals surface area contributed by atoms with Gasteiger partial charge in [-0.3, -0.25) is 4.79 Å². The van der Waals surface area contributed by atoms with Gasteiger partial charge in [0.2, 0.25) is 12.0 Å². The molecule has 4 nitrogen and oxygen atoms in total. The van der Waals surface area contributed by atoms with Gasteiger partial charge in [0.15, 0.2) is 0 Å². The monoisotopic (exact) mass is 238 g/mol. The van der Waals surface area contributed by atoms with Crippen LogP contribution in [0.25, 0.3) is 0 Å². The molecule has 1 aromatic carbocycles. The van der Waals surface area contributed by atoms with Gasteiger partial charge < -0.3 is 5.32 Å². The molecule has 0 aromatic heterocycles. The van der Waals surface area contributed by atoms with E-state index >= 15 is 0 Å². The van der Waals surface area contributed by atoms with Gasteiger partial charge >= 0.3 is 0 Å². The van der Waals surface area contributed by atoms with Crippen LogP contribution in [-0.2, 0) is 9.59 Å². The molecule has 5 heteroatoms. The molecule has 0 radical (unpaired) electrons. The zero-order chi connectivity index (χ0) is 12.0. The highest BCUT2D eigenvalue weighted by atomic mass is 35.5. The Morgan fingerprint density at radius 3 is 2.88 bits per heavy atom. The molecule has 1 N–H and O–H groups in total. The highest BCUT2D eigenvalue weighted by molar-refractivity contribution is 6.34. The van der Waals surface area contributed by atoms with Crippen molar-refractivity contribution in [2.45, 2.75) is 19.8 Å². The summed E-state index contributed by atoms with van der Waals surface area (Å²) < 4.78 is 0. The van der Waals surface area contributed by atoms with Gasteiger partial charge in [-0.1, -0.05) is 18.5 Å². The van der Waals surface area contributed by atoms with Crippen LogP contribution >= 0.6 is 11.6 Å². The SMILES string of the molecule is CCCC(=O)Nc1ccc(N=C=O)cc1Cl. The summed E-state index contributed by atoms with van der Waals surface area (Å²) >= 11 is 5.90. The predicted octanol–water partition coefficient (Wildman–Crippen LogP) is 3.05. The fourth-order valence-corrected chi connectivity index (χ4v) is 1.39. The van der Waals surface area contributed by atoms with Crippen molar-refractivity contribution in [2.24, 2.45) is 4.99 Å². The lowest BCUT2D eigenvalue weighted by atomic mass is 10.2. The molecular weight excluding hydrogens is 228 g/mol. The Bertz CT molecular complexity index is 440. The van der Waals surface area contributed by atoms with Crippen molar-refractivity contribution >= 4 is 35.0 Å². The molecule has 0 heterocycles. The van der Waals surface area contributed by atoms with Gasteiger partial charge in [-0.05, 0) is 24.6 Å². The maximum atomic E-state index is 11.3. The average molecular weight is 239 g/mol. The van der Waals surface area contributed by atoms with E-state index in [1.165, 1.54) is 12.1 Å². The van der Waals surface area contributed by atoms with Gasteiger partial charge in [-0.25, -0.2) is 4.79 Å². The molecule has 0 aliphatic carbocycles. The maximum Gasteiger partial charge on any atom is 0.240 e. The quantitative estimate of drug-likeness (QED) is 0.647. The first-order valence-corrected chi connectivity index (χ1v) is 5.22. The van der Waals surface area contributed by atoms with Crippen molar-refractivity contribution in [1.82, 2.24) is 0 Å². The number of benzene rings is 1. The Morgan fingerprint density at radius 1 is 1.56 bits per heavy atom. The molecule has 0 saturated heterocycles. The maximum absolute atomic E-state index is 11.3. The van der Waals surface area contributed by atoms with Crippen LogP contribution in [0.4, 0.5) is 11.4 Å². The second-order valence-corrected chi connectivity index (χ2v) is 3.57. The van der Waals surface area contributed by atoms with Crippen molar-refractivity contribution < 1.29 is 9.59 Å². The van der Waals surface area contributed by atoms with Gasteiger partial charge in [-0.15, -0.1) is 0 Å². The van der Waals surface area contributed by atoms with E-state index < -0.39 is 0 Å². The minimum Gasteiger partial charge on any atom is -0.325 e. The fraction of sp³-hybridized carbons (Fsp3) is 0.273. The van der Waals surface area contributed by atoms with Crippen LogP contribution in [0.2, 0.25) is 5.02 Å². The van der Waals surface area contributed by atoms with Crippen molar-refractivity contribution in [3.63, 3.8) is 0 Å². The number of nitrogens with zero attached hydrogens (tertiary/aromatic N) is 1. The van der Waals surface area contributed by atoms with Gasteiger partial charge in [-0.2, -0.15) is 4.99 Å². The number of anilines is 1. The molecule has 0 atom stereocenters. The summed E-state index contributed by atoms with van der Waals surface area (Å²) in [7, 11) is 0. The first-order chi connectivity index (χ1) is 7.67. The van der Waals surface area contributed by atoms with Crippen LogP contribution in [0.3, 0.4) is 0 Å². The summed E-state index contributed by atoms with van der Waals surface area (Å²) in [5.74, 6) is -0.0870. The molecule has 84 valence electrons. The summed E-state index contributed by atoms with van der Waals surface area (Å²) in [5.41, 5.74) is 0.929. The number of carbonyl (C=O) groups excluding carboxylic acids is 2. The number of hydrogen-bond acceptors (Lipinski definition) is 3. The van der Waals surface area contributed by atoms with E-state index in [1.54, 1.807) is 12.1 Å². The first-order valence-electron chi connectivity index (χ1n) is 4.84. The highest BCUT2D eigenvalue weighted by Crippen LogP contribution is 2.26. The van der Waals surface area contributed by atoms with Crippen LogP contribution in [0.1, 0.15) is 19.8 Å². The Morgan fingerprint density at radius 2 is 2.31 bits per heavy atom. The summed E-state index contributed by atoms with van der Waals surface area (Å²) in [5, 5.41) is 3.02. The van der Waals surface area contributed by atoms with E-state index in [0.29, 0.717) is 22.8 Å². The van der Waals surface area contributed by atoms with E-state index in [9.17, 15) is 9.59 Å². The average Bonchev–Trinajstić information content (AvgIpc) is 2.23. The van der Waals surface area contributed by atoms with Crippen LogP contribution in [0.5, 0.6) is 0 Å². The molecule has 0 bridgehead atoms. The molecular formula is C11H11ClN2O2. The molecule has 0 fully saturated rings. The van der Waals surface area contributed by atoms with Crippen molar-refractivity contribution in [3.8, 4) is 0 Å². The highest BCUT2D eigenvalue weighted by Gasteiger charge is 2.05. The molecule has 16 heavy (non-hydrogen) atoms. The van der Waals surface area contributed by atoms with Crippen molar-refractivity contribution in [3.05, 3.63) is 23.2 Å². The fourth-order valence-electron chi connectivity index (χ4n) is 1.17. The zero-order valence-corrected chi connectivity index (χ0v) is 9.54. The topological polar surface area (TPSA) is 58.5 Å². The number of amides is 1. The third kappa shape index (κ3) is 3.50. The second kappa shape index (κ2) is 6.05. The molecule has 1 amide bonds. The predicted molar refractivity (Wildman–Crippen MR) is 62.8 cm³/mol. The number of carbonyl (C=O) groups is 1. The van der Waals surface area contributed by atoms with E-state index in [2.05, 4.69) is 10.3 Å². The lowest BCUT2D eigenvalue weighted by molar-refractivity contribution is -0.116. The number of halogens is 1. The molecule has 1 rings (SSSR count). The van der Waals surface area contributed by atoms with Crippen LogP contribution in [-0.4, -0.2) is 12.0 Å². The van der Waals surface area contributed by atoms with E-state index in [-0.39, 0.29) is 5.91 Å². The largest absolute Gasteiger partial charge is 0.325 e. The first kappa shape index (κ1) is 12.4. The van der Waals surface area contributed by atoms with Crippen molar-refractivity contribution in [1.29, 1.82) is 0 Å². The van der Waals surface area contributed by atoms with Crippen molar-refractivity contribution in [2.75, 3.05) is 5.32 Å². The number of aliphatic imine (C=N–C) groups is 1. The molecule has 0 saturated carbocycles. The molecule has 0 aliphatic rings.